The lowest BCUT2D eigenvalue weighted by atomic mass is 9.89. The van der Waals surface area contributed by atoms with E-state index in [-0.39, 0.29) is 11.8 Å². The molecule has 0 spiro atoms. The molecule has 2 aromatic rings. The fourth-order valence-electron chi connectivity index (χ4n) is 3.42. The molecule has 1 aliphatic rings. The van der Waals surface area contributed by atoms with Gasteiger partial charge >= 0.3 is 0 Å². The molecule has 0 bridgehead atoms. The number of benzene rings is 2. The Kier molecular flexibility index (Phi) is 5.04. The highest BCUT2D eigenvalue weighted by atomic mass is 32.2. The maximum absolute atomic E-state index is 13.0. The summed E-state index contributed by atoms with van der Waals surface area (Å²) in [5.41, 5.74) is 8.12. The van der Waals surface area contributed by atoms with Gasteiger partial charge in [-0.25, -0.2) is 8.42 Å². The SMILES string of the molecule is CCc1cccc(S(=O)(=O)N2C[C@@H](CN)[C@H](c3ccccc3)C2)c1. The number of hydrogen-bond acceptors (Lipinski definition) is 3. The Balaban J connectivity index is 1.89. The van der Waals surface area contributed by atoms with Gasteiger partial charge in [0.1, 0.15) is 0 Å². The number of hydrogen-bond donors (Lipinski definition) is 1. The Labute approximate surface area is 144 Å². The third-order valence-corrected chi connectivity index (χ3v) is 6.71. The first-order valence-corrected chi connectivity index (χ1v) is 9.84. The van der Waals surface area contributed by atoms with Gasteiger partial charge in [0, 0.05) is 19.0 Å². The molecule has 128 valence electrons. The van der Waals surface area contributed by atoms with E-state index in [4.69, 9.17) is 5.73 Å². The number of aryl methyl sites for hydroxylation is 1. The van der Waals surface area contributed by atoms with E-state index in [1.54, 1.807) is 16.4 Å². The molecule has 0 unspecified atom stereocenters. The lowest BCUT2D eigenvalue weighted by Gasteiger charge is -2.17. The van der Waals surface area contributed by atoms with Crippen LogP contribution in [0.5, 0.6) is 0 Å². The van der Waals surface area contributed by atoms with Gasteiger partial charge in [-0.05, 0) is 42.1 Å². The molecule has 1 saturated heterocycles. The fraction of sp³-hybridized carbons (Fsp3) is 0.368. The summed E-state index contributed by atoms with van der Waals surface area (Å²) in [6.07, 6.45) is 0.821. The zero-order valence-corrected chi connectivity index (χ0v) is 14.7. The monoisotopic (exact) mass is 344 g/mol. The Morgan fingerprint density at radius 2 is 1.83 bits per heavy atom. The average Bonchev–Trinajstić information content (AvgIpc) is 3.07. The molecule has 1 aliphatic heterocycles. The predicted molar refractivity (Wildman–Crippen MR) is 96.3 cm³/mol. The number of sulfonamides is 1. The fourth-order valence-corrected chi connectivity index (χ4v) is 5.01. The van der Waals surface area contributed by atoms with Gasteiger partial charge in [-0.15, -0.1) is 0 Å². The predicted octanol–water partition coefficient (Wildman–Crippen LogP) is 2.61. The van der Waals surface area contributed by atoms with E-state index in [1.165, 1.54) is 0 Å². The van der Waals surface area contributed by atoms with Gasteiger partial charge in [0.25, 0.3) is 0 Å². The third-order valence-electron chi connectivity index (χ3n) is 4.88. The van der Waals surface area contributed by atoms with Crippen molar-refractivity contribution in [1.82, 2.24) is 4.31 Å². The summed E-state index contributed by atoms with van der Waals surface area (Å²) < 4.78 is 27.6. The van der Waals surface area contributed by atoms with Gasteiger partial charge < -0.3 is 5.73 Å². The molecule has 0 amide bonds. The Morgan fingerprint density at radius 1 is 1.08 bits per heavy atom. The van der Waals surface area contributed by atoms with Crippen LogP contribution in [0.3, 0.4) is 0 Å². The van der Waals surface area contributed by atoms with E-state index in [1.807, 2.05) is 37.3 Å². The van der Waals surface area contributed by atoms with Crippen molar-refractivity contribution in [3.05, 3.63) is 65.7 Å². The minimum Gasteiger partial charge on any atom is -0.330 e. The summed E-state index contributed by atoms with van der Waals surface area (Å²) in [5, 5.41) is 0. The second-order valence-corrected chi connectivity index (χ2v) is 8.27. The number of nitrogens with zero attached hydrogens (tertiary/aromatic N) is 1. The molecular weight excluding hydrogens is 320 g/mol. The van der Waals surface area contributed by atoms with Crippen LogP contribution in [0.2, 0.25) is 0 Å². The van der Waals surface area contributed by atoms with Gasteiger partial charge in [0.05, 0.1) is 4.90 Å². The highest BCUT2D eigenvalue weighted by molar-refractivity contribution is 7.89. The lowest BCUT2D eigenvalue weighted by Crippen LogP contribution is -2.30. The van der Waals surface area contributed by atoms with Crippen molar-refractivity contribution in [2.45, 2.75) is 24.2 Å². The molecule has 1 heterocycles. The highest BCUT2D eigenvalue weighted by Gasteiger charge is 2.39. The van der Waals surface area contributed by atoms with E-state index in [0.717, 1.165) is 17.5 Å². The van der Waals surface area contributed by atoms with E-state index >= 15 is 0 Å². The summed E-state index contributed by atoms with van der Waals surface area (Å²) in [6.45, 7) is 3.48. The normalized spacial score (nSPS) is 21.9. The molecule has 0 aliphatic carbocycles. The first kappa shape index (κ1) is 17.1. The van der Waals surface area contributed by atoms with Crippen molar-refractivity contribution >= 4 is 10.0 Å². The first-order chi connectivity index (χ1) is 11.6. The van der Waals surface area contributed by atoms with E-state index in [9.17, 15) is 8.42 Å². The standard InChI is InChI=1S/C19H24N2O2S/c1-2-15-7-6-10-18(11-15)24(22,23)21-13-17(12-20)19(14-21)16-8-4-3-5-9-16/h3-11,17,19H,2,12-14,20H2,1H3/t17-,19+/m1/s1. The van der Waals surface area contributed by atoms with Crippen LogP contribution in [0.25, 0.3) is 0 Å². The third kappa shape index (κ3) is 3.24. The van der Waals surface area contributed by atoms with Gasteiger partial charge in [0.2, 0.25) is 10.0 Å². The van der Waals surface area contributed by atoms with E-state index < -0.39 is 10.0 Å². The largest absolute Gasteiger partial charge is 0.330 e. The lowest BCUT2D eigenvalue weighted by molar-refractivity contribution is 0.459. The average molecular weight is 344 g/mol. The molecule has 2 aromatic carbocycles. The van der Waals surface area contributed by atoms with Gasteiger partial charge in [-0.3, -0.25) is 0 Å². The summed E-state index contributed by atoms with van der Waals surface area (Å²) >= 11 is 0. The summed E-state index contributed by atoms with van der Waals surface area (Å²) in [6, 6.07) is 17.3. The van der Waals surface area contributed by atoms with Crippen LogP contribution in [0, 0.1) is 5.92 Å². The summed E-state index contributed by atoms with van der Waals surface area (Å²) in [4.78, 5) is 0.381. The molecule has 4 nitrogen and oxygen atoms in total. The molecule has 2 atom stereocenters. The van der Waals surface area contributed by atoms with Crippen LogP contribution >= 0.6 is 0 Å². The Hall–Kier alpha value is -1.69. The zero-order chi connectivity index (χ0) is 17.2. The Morgan fingerprint density at radius 3 is 2.50 bits per heavy atom. The van der Waals surface area contributed by atoms with Crippen LogP contribution in [0.4, 0.5) is 0 Å². The number of rotatable bonds is 5. The van der Waals surface area contributed by atoms with Crippen LogP contribution in [-0.2, 0) is 16.4 Å². The maximum Gasteiger partial charge on any atom is 0.243 e. The highest BCUT2D eigenvalue weighted by Crippen LogP contribution is 2.35. The Bertz CT molecular complexity index is 790. The van der Waals surface area contributed by atoms with Crippen LogP contribution in [0.15, 0.2) is 59.5 Å². The molecule has 1 fully saturated rings. The number of nitrogens with two attached hydrogens (primary N) is 1. The minimum atomic E-state index is -3.48. The van der Waals surface area contributed by atoms with Crippen molar-refractivity contribution < 1.29 is 8.42 Å². The van der Waals surface area contributed by atoms with Gasteiger partial charge in [-0.1, -0.05) is 49.4 Å². The summed E-state index contributed by atoms with van der Waals surface area (Å²) in [5.74, 6) is 0.303. The quantitative estimate of drug-likeness (QED) is 0.907. The van der Waals surface area contributed by atoms with Crippen molar-refractivity contribution in [3.8, 4) is 0 Å². The smallest absolute Gasteiger partial charge is 0.243 e. The molecule has 0 saturated carbocycles. The molecule has 24 heavy (non-hydrogen) atoms. The molecule has 3 rings (SSSR count). The molecular formula is C19H24N2O2S. The van der Waals surface area contributed by atoms with Gasteiger partial charge in [-0.2, -0.15) is 4.31 Å². The molecule has 0 aromatic heterocycles. The zero-order valence-electron chi connectivity index (χ0n) is 13.9. The van der Waals surface area contributed by atoms with Crippen molar-refractivity contribution in [1.29, 1.82) is 0 Å². The second kappa shape index (κ2) is 7.05. The van der Waals surface area contributed by atoms with Crippen molar-refractivity contribution in [3.63, 3.8) is 0 Å². The van der Waals surface area contributed by atoms with Crippen molar-refractivity contribution in [2.75, 3.05) is 19.6 Å². The minimum absolute atomic E-state index is 0.150. The second-order valence-electron chi connectivity index (χ2n) is 6.34. The summed E-state index contributed by atoms with van der Waals surface area (Å²) in [7, 11) is -3.48. The molecule has 0 radical (unpaired) electrons. The molecule has 5 heteroatoms. The van der Waals surface area contributed by atoms with E-state index in [2.05, 4.69) is 12.1 Å². The van der Waals surface area contributed by atoms with Crippen LogP contribution in [0.1, 0.15) is 24.0 Å². The van der Waals surface area contributed by atoms with Crippen molar-refractivity contribution in [2.24, 2.45) is 11.7 Å². The van der Waals surface area contributed by atoms with Gasteiger partial charge in [0.15, 0.2) is 0 Å². The first-order valence-electron chi connectivity index (χ1n) is 8.40. The molecule has 2 N–H and O–H groups in total. The van der Waals surface area contributed by atoms with E-state index in [0.29, 0.717) is 24.5 Å². The topological polar surface area (TPSA) is 63.4 Å². The maximum atomic E-state index is 13.0. The van der Waals surface area contributed by atoms with Crippen LogP contribution < -0.4 is 5.73 Å². The van der Waals surface area contributed by atoms with Crippen LogP contribution in [-0.4, -0.2) is 32.4 Å².